The summed E-state index contributed by atoms with van der Waals surface area (Å²) in [6.45, 7) is 8.01. The lowest BCUT2D eigenvalue weighted by Gasteiger charge is -2.30. The summed E-state index contributed by atoms with van der Waals surface area (Å²) in [4.78, 5) is 20.1. The third-order valence-corrected chi connectivity index (χ3v) is 5.66. The van der Waals surface area contributed by atoms with Crippen molar-refractivity contribution in [3.8, 4) is 5.75 Å². The maximum Gasteiger partial charge on any atom is 0.219 e. The number of amides is 1. The number of hydrogen-bond donors (Lipinski definition) is 2. The Morgan fingerprint density at radius 1 is 1.08 bits per heavy atom. The molecule has 7 heteroatoms. The summed E-state index contributed by atoms with van der Waals surface area (Å²) < 4.78 is 6.03. The van der Waals surface area contributed by atoms with E-state index in [2.05, 4.69) is 16.9 Å². The van der Waals surface area contributed by atoms with Gasteiger partial charge in [0.2, 0.25) is 6.41 Å². The average molecular weight is 484 g/mol. The first-order valence-corrected chi connectivity index (χ1v) is 11.6. The number of ether oxygens (including phenoxy) is 1. The topological polar surface area (TPSA) is 83.2 Å². The molecule has 0 spiro atoms. The van der Waals surface area contributed by atoms with E-state index in [1.165, 1.54) is 11.1 Å². The van der Waals surface area contributed by atoms with E-state index in [0.29, 0.717) is 29.5 Å². The van der Waals surface area contributed by atoms with E-state index in [4.69, 9.17) is 10.5 Å². The number of carbonyl (C=O) groups is 1. The summed E-state index contributed by atoms with van der Waals surface area (Å²) in [6, 6.07) is 23.4. The van der Waals surface area contributed by atoms with Crippen LogP contribution in [0.3, 0.4) is 0 Å². The van der Waals surface area contributed by atoms with Crippen LogP contribution in [0.1, 0.15) is 18.1 Å². The van der Waals surface area contributed by atoms with E-state index < -0.39 is 0 Å². The van der Waals surface area contributed by atoms with Crippen molar-refractivity contribution in [3.05, 3.63) is 108 Å². The van der Waals surface area contributed by atoms with Gasteiger partial charge in [0.05, 0.1) is 5.69 Å². The van der Waals surface area contributed by atoms with Crippen molar-refractivity contribution in [1.82, 2.24) is 0 Å². The number of nitrogens with two attached hydrogens (primary N) is 1. The van der Waals surface area contributed by atoms with Crippen LogP contribution in [0.4, 0.5) is 17.1 Å². The number of nitrogens with zero attached hydrogens (tertiary/aromatic N) is 3. The third kappa shape index (κ3) is 6.13. The van der Waals surface area contributed by atoms with Crippen LogP contribution in [-0.4, -0.2) is 26.3 Å². The summed E-state index contributed by atoms with van der Waals surface area (Å²) >= 11 is 0. The maximum absolute atomic E-state index is 12.3. The van der Waals surface area contributed by atoms with E-state index >= 15 is 0 Å². The average Bonchev–Trinajstić information content (AvgIpc) is 2.89. The zero-order chi connectivity index (χ0) is 26.1. The van der Waals surface area contributed by atoms with Gasteiger partial charge in [-0.3, -0.25) is 9.69 Å². The number of likely N-dealkylation sites (N-methyl/N-ethyl adjacent to an activating group) is 1. The van der Waals surface area contributed by atoms with Gasteiger partial charge in [-0.15, -0.1) is 0 Å². The summed E-state index contributed by atoms with van der Waals surface area (Å²) in [5.74, 6) is 1.15. The minimum atomic E-state index is 0.359. The van der Waals surface area contributed by atoms with Gasteiger partial charge in [0.1, 0.15) is 18.1 Å². The molecule has 186 valence electrons. The SMILES string of the molecule is C=CN=C(/C(=C(\C)N)N(C)c1ccc(OCc2ccccc2)c(C)c1)N(C=O)c1cccc(NC)c1. The van der Waals surface area contributed by atoms with Gasteiger partial charge in [0, 0.05) is 37.4 Å². The highest BCUT2D eigenvalue weighted by molar-refractivity contribution is 6.20. The fourth-order valence-electron chi connectivity index (χ4n) is 3.83. The highest BCUT2D eigenvalue weighted by Gasteiger charge is 2.23. The van der Waals surface area contributed by atoms with E-state index in [9.17, 15) is 4.79 Å². The first-order valence-electron chi connectivity index (χ1n) is 11.6. The van der Waals surface area contributed by atoms with Crippen LogP contribution in [0, 0.1) is 6.92 Å². The Kier molecular flexibility index (Phi) is 8.89. The standard InChI is InChI=1S/C29H33N5O2/c1-6-32-29(34(20-35)26-14-10-13-24(18-26)31-4)28(22(3)30)33(5)25-15-16-27(21(2)17-25)36-19-23-11-8-7-9-12-23/h6-18,20,31H,1,19,30H2,2-5H3/b28-22-,32-29?. The van der Waals surface area contributed by atoms with E-state index in [1.54, 1.807) is 6.92 Å². The number of aryl methyl sites for hydroxylation is 1. The molecule has 0 heterocycles. The monoisotopic (exact) mass is 483 g/mol. The second-order valence-electron chi connectivity index (χ2n) is 8.23. The predicted octanol–water partition coefficient (Wildman–Crippen LogP) is 5.45. The Bertz CT molecular complexity index is 1260. The summed E-state index contributed by atoms with van der Waals surface area (Å²) in [6.07, 6.45) is 2.12. The van der Waals surface area contributed by atoms with Gasteiger partial charge in [0.25, 0.3) is 0 Å². The molecule has 7 nitrogen and oxygen atoms in total. The highest BCUT2D eigenvalue weighted by Crippen LogP contribution is 2.29. The van der Waals surface area contributed by atoms with Crippen LogP contribution < -0.4 is 25.6 Å². The Morgan fingerprint density at radius 3 is 2.44 bits per heavy atom. The number of carbonyl (C=O) groups excluding carboxylic acids is 1. The number of nitrogens with one attached hydrogen (secondary N) is 1. The Labute approximate surface area is 213 Å². The van der Waals surface area contributed by atoms with Gasteiger partial charge in [-0.05, 0) is 61.4 Å². The molecule has 0 aliphatic heterocycles. The van der Waals surface area contributed by atoms with Gasteiger partial charge in [-0.1, -0.05) is 43.0 Å². The number of rotatable bonds is 10. The van der Waals surface area contributed by atoms with E-state index in [-0.39, 0.29) is 0 Å². The molecule has 0 aliphatic rings. The molecule has 0 aliphatic carbocycles. The number of amidine groups is 1. The van der Waals surface area contributed by atoms with Gasteiger partial charge < -0.3 is 20.7 Å². The second kappa shape index (κ2) is 12.3. The van der Waals surface area contributed by atoms with Crippen molar-refractivity contribution in [2.24, 2.45) is 10.7 Å². The Hall–Kier alpha value is -4.52. The summed E-state index contributed by atoms with van der Waals surface area (Å²) in [7, 11) is 3.71. The van der Waals surface area contributed by atoms with Gasteiger partial charge >= 0.3 is 0 Å². The molecule has 1 amide bonds. The zero-order valence-electron chi connectivity index (χ0n) is 21.2. The molecule has 3 aromatic rings. The fraction of sp³-hybridized carbons (Fsp3) is 0.172. The first-order chi connectivity index (χ1) is 17.4. The van der Waals surface area contributed by atoms with Crippen LogP contribution in [0.15, 0.2) is 102 Å². The van der Waals surface area contributed by atoms with E-state index in [0.717, 1.165) is 34.7 Å². The van der Waals surface area contributed by atoms with Crippen LogP contribution in [0.5, 0.6) is 5.75 Å². The molecule has 0 radical (unpaired) electrons. The van der Waals surface area contributed by atoms with Crippen LogP contribution >= 0.6 is 0 Å². The van der Waals surface area contributed by atoms with Crippen molar-refractivity contribution < 1.29 is 9.53 Å². The Morgan fingerprint density at radius 2 is 1.83 bits per heavy atom. The molecule has 0 unspecified atom stereocenters. The summed E-state index contributed by atoms with van der Waals surface area (Å²) in [5, 5.41) is 3.09. The van der Waals surface area contributed by atoms with Crippen molar-refractivity contribution in [2.45, 2.75) is 20.5 Å². The largest absolute Gasteiger partial charge is 0.489 e. The lowest BCUT2D eigenvalue weighted by atomic mass is 10.1. The molecule has 0 bridgehead atoms. The van der Waals surface area contributed by atoms with Gasteiger partial charge in [-0.2, -0.15) is 0 Å². The van der Waals surface area contributed by atoms with Crippen molar-refractivity contribution in [1.29, 1.82) is 0 Å². The minimum Gasteiger partial charge on any atom is -0.489 e. The predicted molar refractivity (Wildman–Crippen MR) is 149 cm³/mol. The quantitative estimate of drug-likeness (QED) is 0.228. The molecule has 36 heavy (non-hydrogen) atoms. The molecule has 0 aromatic heterocycles. The molecule has 0 saturated carbocycles. The third-order valence-electron chi connectivity index (χ3n) is 5.66. The van der Waals surface area contributed by atoms with Crippen molar-refractivity contribution in [3.63, 3.8) is 0 Å². The van der Waals surface area contributed by atoms with E-state index in [1.807, 2.05) is 98.7 Å². The molecule has 0 atom stereocenters. The zero-order valence-corrected chi connectivity index (χ0v) is 21.2. The number of allylic oxidation sites excluding steroid dienone is 1. The summed E-state index contributed by atoms with van der Waals surface area (Å²) in [5.41, 5.74) is 11.9. The lowest BCUT2D eigenvalue weighted by molar-refractivity contribution is -0.106. The van der Waals surface area contributed by atoms with Gasteiger partial charge in [0.15, 0.2) is 5.84 Å². The molecule has 3 rings (SSSR count). The lowest BCUT2D eigenvalue weighted by Crippen LogP contribution is -2.38. The van der Waals surface area contributed by atoms with Crippen LogP contribution in [0.25, 0.3) is 0 Å². The Balaban J connectivity index is 1.93. The molecule has 0 saturated heterocycles. The van der Waals surface area contributed by atoms with Crippen molar-refractivity contribution >= 4 is 29.3 Å². The second-order valence-corrected chi connectivity index (χ2v) is 8.23. The van der Waals surface area contributed by atoms with Gasteiger partial charge in [-0.25, -0.2) is 4.99 Å². The van der Waals surface area contributed by atoms with Crippen LogP contribution in [-0.2, 0) is 11.4 Å². The number of aliphatic imine (C=N–C) groups is 1. The minimum absolute atomic E-state index is 0.359. The fourth-order valence-corrected chi connectivity index (χ4v) is 3.83. The molecular weight excluding hydrogens is 450 g/mol. The number of hydrogen-bond acceptors (Lipinski definition) is 6. The molecule has 3 aromatic carbocycles. The number of anilines is 3. The molecular formula is C29H33N5O2. The number of benzene rings is 3. The molecule has 3 N–H and O–H groups in total. The van der Waals surface area contributed by atoms with Crippen molar-refractivity contribution in [2.75, 3.05) is 29.2 Å². The van der Waals surface area contributed by atoms with Crippen LogP contribution in [0.2, 0.25) is 0 Å². The smallest absolute Gasteiger partial charge is 0.219 e. The highest BCUT2D eigenvalue weighted by atomic mass is 16.5. The first kappa shape index (κ1) is 26.1. The molecule has 0 fully saturated rings. The maximum atomic E-state index is 12.3. The normalized spacial score (nSPS) is 11.8.